The van der Waals surface area contributed by atoms with Crippen molar-refractivity contribution in [3.8, 4) is 11.6 Å². The highest BCUT2D eigenvalue weighted by Crippen LogP contribution is 2.50. The molecule has 116 valence electrons. The van der Waals surface area contributed by atoms with E-state index in [-0.39, 0.29) is 11.4 Å². The number of fused-ring (bicyclic) bond motifs is 2. The van der Waals surface area contributed by atoms with E-state index >= 15 is 0 Å². The molecule has 23 heavy (non-hydrogen) atoms. The number of hydrogen-bond acceptors (Lipinski definition) is 4. The fourth-order valence-corrected chi connectivity index (χ4v) is 3.29. The van der Waals surface area contributed by atoms with Crippen LogP contribution >= 0.6 is 0 Å². The summed E-state index contributed by atoms with van der Waals surface area (Å²) in [5.41, 5.74) is 0.252. The number of hydrogen-bond donors (Lipinski definition) is 1. The van der Waals surface area contributed by atoms with Crippen LogP contribution in [0.2, 0.25) is 0 Å². The zero-order chi connectivity index (χ0) is 16.0. The maximum Gasteiger partial charge on any atom is 0.228 e. The molecule has 1 aliphatic heterocycles. The summed E-state index contributed by atoms with van der Waals surface area (Å²) in [6, 6.07) is 5.39. The first-order valence-electron chi connectivity index (χ1n) is 7.43. The van der Waals surface area contributed by atoms with E-state index < -0.39 is 0 Å². The zero-order valence-corrected chi connectivity index (χ0v) is 12.6. The van der Waals surface area contributed by atoms with Gasteiger partial charge in [-0.2, -0.15) is 0 Å². The van der Waals surface area contributed by atoms with Gasteiger partial charge in [-0.05, 0) is 35.9 Å². The van der Waals surface area contributed by atoms with E-state index in [1.807, 2.05) is 6.07 Å². The number of carbonyl (C=O) groups excluding carboxylic acids is 1. The largest absolute Gasteiger partial charge is 0.508 e. The first kappa shape index (κ1) is 13.8. The maximum atomic E-state index is 11.4. The monoisotopic (exact) mass is 309 g/mol. The van der Waals surface area contributed by atoms with Crippen molar-refractivity contribution in [3.63, 3.8) is 0 Å². The summed E-state index contributed by atoms with van der Waals surface area (Å²) in [4.78, 5) is 19.2. The van der Waals surface area contributed by atoms with Crippen LogP contribution in [0.5, 0.6) is 11.6 Å². The zero-order valence-electron chi connectivity index (χ0n) is 12.6. The summed E-state index contributed by atoms with van der Waals surface area (Å²) in [5, 5.41) is 4.68. The molecule has 2 unspecified atom stereocenters. The van der Waals surface area contributed by atoms with E-state index in [4.69, 9.17) is 16.0 Å². The number of piperidine rings is 1. The van der Waals surface area contributed by atoms with Crippen LogP contribution in [0.25, 0.3) is 15.6 Å². The molecule has 0 spiro atoms. The Bertz CT molecular complexity index is 858. The van der Waals surface area contributed by atoms with Crippen molar-refractivity contribution < 1.29 is 14.3 Å². The molecule has 1 saturated carbocycles. The number of methoxy groups -OCH3 is 1. The van der Waals surface area contributed by atoms with Gasteiger partial charge >= 0.3 is 0 Å². The topological polar surface area (TPSA) is 64.8 Å². The molecule has 0 radical (unpaired) electrons. The molecule has 1 aliphatic carbocycles. The highest BCUT2D eigenvalue weighted by Gasteiger charge is 2.61. The fourth-order valence-electron chi connectivity index (χ4n) is 3.29. The van der Waals surface area contributed by atoms with Crippen molar-refractivity contribution in [2.24, 2.45) is 5.92 Å². The average molecular weight is 309 g/mol. The molecule has 2 aliphatic rings. The fraction of sp³-hybridized carbons (Fsp3) is 0.353. The van der Waals surface area contributed by atoms with Crippen LogP contribution < -0.4 is 14.8 Å². The van der Waals surface area contributed by atoms with E-state index in [0.29, 0.717) is 36.3 Å². The number of amides is 1. The minimum atomic E-state index is -0.207. The van der Waals surface area contributed by atoms with Crippen molar-refractivity contribution >= 4 is 22.4 Å². The van der Waals surface area contributed by atoms with Crippen molar-refractivity contribution in [1.82, 2.24) is 10.3 Å². The molecule has 0 bridgehead atoms. The molecule has 1 amide bonds. The van der Waals surface area contributed by atoms with Crippen LogP contribution in [-0.2, 0) is 4.79 Å². The average Bonchev–Trinajstić information content (AvgIpc) is 3.12. The van der Waals surface area contributed by atoms with Crippen molar-refractivity contribution in [2.75, 3.05) is 13.7 Å². The molecule has 2 fully saturated rings. The molecule has 2 aromatic rings. The van der Waals surface area contributed by atoms with E-state index in [0.717, 1.165) is 17.2 Å². The maximum absolute atomic E-state index is 11.4. The number of carbonyl (C=O) groups is 1. The smallest absolute Gasteiger partial charge is 0.228 e. The van der Waals surface area contributed by atoms with Crippen LogP contribution in [-0.4, -0.2) is 30.1 Å². The molecule has 2 heterocycles. The molecule has 1 aromatic heterocycles. The van der Waals surface area contributed by atoms with Gasteiger partial charge in [0.05, 0.1) is 19.2 Å². The van der Waals surface area contributed by atoms with Crippen LogP contribution in [0, 0.1) is 12.5 Å². The van der Waals surface area contributed by atoms with Crippen molar-refractivity contribution in [1.29, 1.82) is 0 Å². The van der Waals surface area contributed by atoms with Crippen molar-refractivity contribution in [2.45, 2.75) is 18.4 Å². The SMILES string of the molecule is [C-]#[N+]c1cc2ccnc(OCC34CC3CC(=O)N4)c2cc1OC. The van der Waals surface area contributed by atoms with Gasteiger partial charge in [-0.25, -0.2) is 9.83 Å². The normalized spacial score (nSPS) is 24.7. The number of aromatic nitrogens is 1. The lowest BCUT2D eigenvalue weighted by Crippen LogP contribution is -2.37. The van der Waals surface area contributed by atoms with Gasteiger partial charge in [0.15, 0.2) is 0 Å². The summed E-state index contributed by atoms with van der Waals surface area (Å²) in [5.74, 6) is 1.48. The second-order valence-electron chi connectivity index (χ2n) is 6.07. The van der Waals surface area contributed by atoms with E-state index in [1.54, 1.807) is 18.3 Å². The van der Waals surface area contributed by atoms with Gasteiger partial charge in [0, 0.05) is 18.0 Å². The van der Waals surface area contributed by atoms with Crippen LogP contribution in [0.1, 0.15) is 12.8 Å². The first-order chi connectivity index (χ1) is 11.1. The molecular formula is C17H15N3O3. The lowest BCUT2D eigenvalue weighted by atomic mass is 10.1. The summed E-state index contributed by atoms with van der Waals surface area (Å²) in [6.07, 6.45) is 3.22. The number of nitrogens with one attached hydrogen (secondary N) is 1. The van der Waals surface area contributed by atoms with Crippen LogP contribution in [0.4, 0.5) is 5.69 Å². The summed E-state index contributed by atoms with van der Waals surface area (Å²) >= 11 is 0. The number of ether oxygens (including phenoxy) is 2. The molecular weight excluding hydrogens is 294 g/mol. The Morgan fingerprint density at radius 2 is 2.39 bits per heavy atom. The quantitative estimate of drug-likeness (QED) is 0.881. The summed E-state index contributed by atoms with van der Waals surface area (Å²) < 4.78 is 11.2. The first-order valence-corrected chi connectivity index (χ1v) is 7.43. The summed E-state index contributed by atoms with van der Waals surface area (Å²) in [7, 11) is 1.54. The van der Waals surface area contributed by atoms with Gasteiger partial charge in [-0.3, -0.25) is 4.79 Å². The number of pyridine rings is 1. The molecule has 4 rings (SSSR count). The lowest BCUT2D eigenvalue weighted by Gasteiger charge is -2.16. The standard InChI is InChI=1S/C17H15N3O3/c1-18-13-5-10-3-4-19-16(12(10)7-14(13)22-2)23-9-17-8-11(17)6-15(21)20-17/h3-5,7,11H,6,8-9H2,2H3,(H,20,21). The minimum Gasteiger partial charge on any atom is -0.508 e. The van der Waals surface area contributed by atoms with Gasteiger partial charge in [-0.1, -0.05) is 0 Å². The Hall–Kier alpha value is -2.81. The molecule has 1 saturated heterocycles. The lowest BCUT2D eigenvalue weighted by molar-refractivity contribution is -0.120. The number of nitrogens with zero attached hydrogens (tertiary/aromatic N) is 2. The van der Waals surface area contributed by atoms with Crippen molar-refractivity contribution in [3.05, 3.63) is 35.8 Å². The molecule has 1 N–H and O–H groups in total. The Balaban J connectivity index is 1.65. The second kappa shape index (κ2) is 4.85. The van der Waals surface area contributed by atoms with Crippen LogP contribution in [0.3, 0.4) is 0 Å². The molecule has 6 nitrogen and oxygen atoms in total. The van der Waals surface area contributed by atoms with Gasteiger partial charge in [-0.15, -0.1) is 0 Å². The van der Waals surface area contributed by atoms with E-state index in [1.165, 1.54) is 7.11 Å². The van der Waals surface area contributed by atoms with Gasteiger partial charge in [0.1, 0.15) is 12.4 Å². The Morgan fingerprint density at radius 3 is 3.09 bits per heavy atom. The Morgan fingerprint density at radius 1 is 1.52 bits per heavy atom. The third-order valence-electron chi connectivity index (χ3n) is 4.67. The van der Waals surface area contributed by atoms with Gasteiger partial charge in [0.25, 0.3) is 0 Å². The Labute approximate surface area is 133 Å². The second-order valence-corrected chi connectivity index (χ2v) is 6.07. The molecule has 2 atom stereocenters. The predicted octanol–water partition coefficient (Wildman–Crippen LogP) is 2.45. The van der Waals surface area contributed by atoms with E-state index in [9.17, 15) is 4.79 Å². The number of benzene rings is 1. The highest BCUT2D eigenvalue weighted by molar-refractivity contribution is 5.92. The summed E-state index contributed by atoms with van der Waals surface area (Å²) in [6.45, 7) is 7.64. The Kier molecular flexibility index (Phi) is 2.91. The van der Waals surface area contributed by atoms with Gasteiger partial charge in [0.2, 0.25) is 17.5 Å². The van der Waals surface area contributed by atoms with E-state index in [2.05, 4.69) is 15.1 Å². The van der Waals surface area contributed by atoms with Crippen LogP contribution in [0.15, 0.2) is 24.4 Å². The third kappa shape index (κ3) is 2.16. The molecule has 6 heteroatoms. The predicted molar refractivity (Wildman–Crippen MR) is 83.6 cm³/mol. The molecule has 1 aromatic carbocycles. The highest BCUT2D eigenvalue weighted by atomic mass is 16.5. The van der Waals surface area contributed by atoms with Gasteiger partial charge < -0.3 is 14.8 Å². The number of rotatable bonds is 4. The third-order valence-corrected chi connectivity index (χ3v) is 4.67. The minimum absolute atomic E-state index is 0.0964.